The molecule has 0 bridgehead atoms. The molecule has 88 valence electrons. The zero-order chi connectivity index (χ0) is 11.7. The molecular formula is C14H26O. The van der Waals surface area contributed by atoms with Crippen molar-refractivity contribution in [2.75, 3.05) is 0 Å². The van der Waals surface area contributed by atoms with E-state index >= 15 is 0 Å². The van der Waals surface area contributed by atoms with E-state index in [1.165, 1.54) is 25.7 Å². The minimum Gasteiger partial charge on any atom is -0.295 e. The van der Waals surface area contributed by atoms with Crippen LogP contribution in [-0.2, 0) is 4.79 Å². The first kappa shape index (κ1) is 14.4. The van der Waals surface area contributed by atoms with Crippen LogP contribution in [0.5, 0.6) is 0 Å². The van der Waals surface area contributed by atoms with E-state index in [9.17, 15) is 4.79 Å². The lowest BCUT2D eigenvalue weighted by Gasteiger charge is -2.10. The lowest BCUT2D eigenvalue weighted by molar-refractivity contribution is -0.114. The fraction of sp³-hybridized carbons (Fsp3) is 0.786. The molecule has 0 aliphatic heterocycles. The van der Waals surface area contributed by atoms with E-state index in [0.29, 0.717) is 0 Å². The predicted molar refractivity (Wildman–Crippen MR) is 67.0 cm³/mol. The van der Waals surface area contributed by atoms with Crippen molar-refractivity contribution in [2.24, 2.45) is 5.41 Å². The maximum absolute atomic E-state index is 11.4. The fourth-order valence-electron chi connectivity index (χ4n) is 1.33. The molecule has 15 heavy (non-hydrogen) atoms. The number of hydrogen-bond acceptors (Lipinski definition) is 1. The van der Waals surface area contributed by atoms with Gasteiger partial charge >= 0.3 is 0 Å². The van der Waals surface area contributed by atoms with Crippen molar-refractivity contribution >= 4 is 5.78 Å². The molecule has 0 spiro atoms. The molecule has 0 aromatic heterocycles. The normalized spacial score (nSPS) is 12.3. The minimum absolute atomic E-state index is 0.123. The Kier molecular flexibility index (Phi) is 7.37. The summed E-state index contributed by atoms with van der Waals surface area (Å²) < 4.78 is 0. The third-order valence-corrected chi connectivity index (χ3v) is 2.30. The van der Waals surface area contributed by atoms with Gasteiger partial charge in [0.1, 0.15) is 0 Å². The van der Waals surface area contributed by atoms with Gasteiger partial charge in [-0.25, -0.2) is 0 Å². The van der Waals surface area contributed by atoms with Crippen LogP contribution in [0.4, 0.5) is 0 Å². The first-order valence-corrected chi connectivity index (χ1v) is 6.18. The van der Waals surface area contributed by atoms with Crippen LogP contribution >= 0.6 is 0 Å². The van der Waals surface area contributed by atoms with Gasteiger partial charge in [0.25, 0.3) is 0 Å². The van der Waals surface area contributed by atoms with E-state index in [0.717, 1.165) is 12.8 Å². The summed E-state index contributed by atoms with van der Waals surface area (Å²) in [5.74, 6) is 0.279. The molecule has 0 heterocycles. The van der Waals surface area contributed by atoms with Crippen molar-refractivity contribution in [1.29, 1.82) is 0 Å². The summed E-state index contributed by atoms with van der Waals surface area (Å²) in [6.45, 7) is 8.53. The zero-order valence-electron chi connectivity index (χ0n) is 10.8. The van der Waals surface area contributed by atoms with Gasteiger partial charge in [-0.2, -0.15) is 0 Å². The maximum atomic E-state index is 11.4. The van der Waals surface area contributed by atoms with Crippen LogP contribution in [0.3, 0.4) is 0 Å². The zero-order valence-corrected chi connectivity index (χ0v) is 10.8. The molecule has 0 N–H and O–H groups in total. The SMILES string of the molecule is CCCCCCCC(=O)/C=C/C(C)(C)C. The Bertz CT molecular complexity index is 196. The highest BCUT2D eigenvalue weighted by molar-refractivity contribution is 5.89. The van der Waals surface area contributed by atoms with Crippen molar-refractivity contribution in [3.05, 3.63) is 12.2 Å². The molecule has 0 aliphatic carbocycles. The fourth-order valence-corrected chi connectivity index (χ4v) is 1.33. The molecular weight excluding hydrogens is 184 g/mol. The lowest BCUT2D eigenvalue weighted by atomic mass is 9.95. The van der Waals surface area contributed by atoms with Crippen LogP contribution in [0.1, 0.15) is 66.2 Å². The van der Waals surface area contributed by atoms with Crippen LogP contribution in [0.2, 0.25) is 0 Å². The second kappa shape index (κ2) is 7.67. The van der Waals surface area contributed by atoms with E-state index in [4.69, 9.17) is 0 Å². The predicted octanol–water partition coefficient (Wildman–Crippen LogP) is 4.52. The number of rotatable bonds is 7. The van der Waals surface area contributed by atoms with Crippen molar-refractivity contribution in [3.63, 3.8) is 0 Å². The second-order valence-corrected chi connectivity index (χ2v) is 5.33. The third-order valence-electron chi connectivity index (χ3n) is 2.30. The Balaban J connectivity index is 3.54. The largest absolute Gasteiger partial charge is 0.295 e. The quantitative estimate of drug-likeness (QED) is 0.446. The Morgan fingerprint density at radius 2 is 1.67 bits per heavy atom. The summed E-state index contributed by atoms with van der Waals surface area (Å²) in [5, 5.41) is 0. The van der Waals surface area contributed by atoms with Crippen LogP contribution < -0.4 is 0 Å². The van der Waals surface area contributed by atoms with Gasteiger partial charge in [0.05, 0.1) is 0 Å². The van der Waals surface area contributed by atoms with Crippen molar-refractivity contribution in [1.82, 2.24) is 0 Å². The molecule has 0 saturated heterocycles. The number of hydrogen-bond donors (Lipinski definition) is 0. The monoisotopic (exact) mass is 210 g/mol. The van der Waals surface area contributed by atoms with Gasteiger partial charge in [-0.3, -0.25) is 4.79 Å². The Labute approximate surface area is 95.0 Å². The average molecular weight is 210 g/mol. The van der Waals surface area contributed by atoms with Crippen LogP contribution in [0.25, 0.3) is 0 Å². The van der Waals surface area contributed by atoms with Gasteiger partial charge in [0.2, 0.25) is 0 Å². The van der Waals surface area contributed by atoms with E-state index in [-0.39, 0.29) is 11.2 Å². The molecule has 0 aromatic carbocycles. The molecule has 0 rings (SSSR count). The van der Waals surface area contributed by atoms with Crippen LogP contribution in [-0.4, -0.2) is 5.78 Å². The summed E-state index contributed by atoms with van der Waals surface area (Å²) >= 11 is 0. The number of unbranched alkanes of at least 4 members (excludes halogenated alkanes) is 4. The lowest BCUT2D eigenvalue weighted by Crippen LogP contribution is -2.01. The van der Waals surface area contributed by atoms with E-state index < -0.39 is 0 Å². The maximum Gasteiger partial charge on any atom is 0.155 e. The molecule has 0 radical (unpaired) electrons. The highest BCUT2D eigenvalue weighted by atomic mass is 16.1. The molecule has 0 aromatic rings. The molecule has 1 heteroatoms. The van der Waals surface area contributed by atoms with Crippen molar-refractivity contribution < 1.29 is 4.79 Å². The molecule has 0 amide bonds. The Morgan fingerprint density at radius 1 is 1.07 bits per heavy atom. The molecule has 0 unspecified atom stereocenters. The molecule has 0 fully saturated rings. The Morgan fingerprint density at radius 3 is 2.20 bits per heavy atom. The topological polar surface area (TPSA) is 17.1 Å². The number of allylic oxidation sites excluding steroid dienone is 2. The summed E-state index contributed by atoms with van der Waals surface area (Å²) in [7, 11) is 0. The highest BCUT2D eigenvalue weighted by Gasteiger charge is 2.05. The first-order valence-electron chi connectivity index (χ1n) is 6.18. The van der Waals surface area contributed by atoms with Gasteiger partial charge in [-0.15, -0.1) is 0 Å². The van der Waals surface area contributed by atoms with Crippen LogP contribution in [0.15, 0.2) is 12.2 Å². The summed E-state index contributed by atoms with van der Waals surface area (Å²) in [6, 6.07) is 0. The van der Waals surface area contributed by atoms with Crippen molar-refractivity contribution in [2.45, 2.75) is 66.2 Å². The third kappa shape index (κ3) is 11.3. The van der Waals surface area contributed by atoms with E-state index in [1.54, 1.807) is 6.08 Å². The smallest absolute Gasteiger partial charge is 0.155 e. The van der Waals surface area contributed by atoms with E-state index in [1.807, 2.05) is 6.08 Å². The van der Waals surface area contributed by atoms with Gasteiger partial charge in [-0.1, -0.05) is 59.5 Å². The summed E-state index contributed by atoms with van der Waals surface area (Å²) in [4.78, 5) is 11.4. The second-order valence-electron chi connectivity index (χ2n) is 5.33. The van der Waals surface area contributed by atoms with Gasteiger partial charge in [0, 0.05) is 6.42 Å². The highest BCUT2D eigenvalue weighted by Crippen LogP contribution is 2.15. The summed E-state index contributed by atoms with van der Waals surface area (Å²) in [5.41, 5.74) is 0.123. The number of carbonyl (C=O) groups is 1. The minimum atomic E-state index is 0.123. The van der Waals surface area contributed by atoms with Crippen molar-refractivity contribution in [3.8, 4) is 0 Å². The standard InChI is InChI=1S/C14H26O/c1-5-6-7-8-9-10-13(15)11-12-14(2,3)4/h11-12H,5-10H2,1-4H3/b12-11+. The molecule has 0 saturated carbocycles. The average Bonchev–Trinajstić information content (AvgIpc) is 2.13. The van der Waals surface area contributed by atoms with Gasteiger partial charge in [-0.05, 0) is 17.9 Å². The summed E-state index contributed by atoms with van der Waals surface area (Å²) in [6.07, 6.45) is 10.5. The van der Waals surface area contributed by atoms with E-state index in [2.05, 4.69) is 27.7 Å². The number of carbonyl (C=O) groups excluding carboxylic acids is 1. The van der Waals surface area contributed by atoms with Gasteiger partial charge < -0.3 is 0 Å². The van der Waals surface area contributed by atoms with Crippen LogP contribution in [0, 0.1) is 5.41 Å². The molecule has 1 nitrogen and oxygen atoms in total. The molecule has 0 atom stereocenters. The van der Waals surface area contributed by atoms with Gasteiger partial charge in [0.15, 0.2) is 5.78 Å². The number of ketones is 1. The first-order chi connectivity index (χ1) is 6.95. The Hall–Kier alpha value is -0.590. The molecule has 0 aliphatic rings.